The van der Waals surface area contributed by atoms with Crippen LogP contribution in [0.25, 0.3) is 10.9 Å². The minimum atomic E-state index is -0.872. The maximum Gasteiger partial charge on any atom is 0.242 e. The molecule has 36 heavy (non-hydrogen) atoms. The number of ether oxygens (including phenoxy) is 3. The van der Waals surface area contributed by atoms with Gasteiger partial charge in [-0.15, -0.1) is 0 Å². The molecule has 2 aromatic rings. The standard InChI is InChI=1S/C27H37N5O4/c1-19-5-4-6-20-21-13-25-22(14-23(21)30-24(20)16-29-28-15-19)27(17-34-2,18-35-3)26(33)32(25)8-7-31-9-11-36-12-10-31/h13-16,28,30H,4-12,17-18H2,1-3H3/b19-15+,29-16+. The van der Waals surface area contributed by atoms with Gasteiger partial charge in [-0.2, -0.15) is 5.10 Å². The Morgan fingerprint density at radius 3 is 2.64 bits per heavy atom. The average molecular weight is 496 g/mol. The highest BCUT2D eigenvalue weighted by molar-refractivity contribution is 6.11. The number of aromatic nitrogens is 1. The van der Waals surface area contributed by atoms with Crippen molar-refractivity contribution in [3.05, 3.63) is 40.7 Å². The molecule has 0 spiro atoms. The molecule has 3 aliphatic heterocycles. The van der Waals surface area contributed by atoms with Gasteiger partial charge in [-0.3, -0.25) is 15.1 Å². The molecular formula is C27H37N5O4. The molecule has 1 aromatic carbocycles. The number of hydrogen-bond acceptors (Lipinski definition) is 7. The largest absolute Gasteiger partial charge is 0.383 e. The Kier molecular flexibility index (Phi) is 7.43. The fraction of sp³-hybridized carbons (Fsp3) is 0.556. The number of carbonyl (C=O) groups is 1. The number of carbonyl (C=O) groups excluding carboxylic acids is 1. The van der Waals surface area contributed by atoms with Crippen LogP contribution < -0.4 is 10.3 Å². The van der Waals surface area contributed by atoms with Gasteiger partial charge in [0.05, 0.1) is 38.3 Å². The number of hydrogen-bond donors (Lipinski definition) is 2. The summed E-state index contributed by atoms with van der Waals surface area (Å²) in [6.45, 7) is 7.34. The fourth-order valence-corrected chi connectivity index (χ4v) is 5.74. The molecule has 1 saturated heterocycles. The Hall–Kier alpha value is -2.72. The Bertz CT molecular complexity index is 1160. The summed E-state index contributed by atoms with van der Waals surface area (Å²) >= 11 is 0. The molecule has 9 heteroatoms. The molecule has 0 bridgehead atoms. The number of amides is 1. The third-order valence-electron chi connectivity index (χ3n) is 7.62. The number of nitrogens with zero attached hydrogens (tertiary/aromatic N) is 3. The van der Waals surface area contributed by atoms with Crippen LogP contribution >= 0.6 is 0 Å². The fourth-order valence-electron chi connectivity index (χ4n) is 5.74. The van der Waals surface area contributed by atoms with E-state index in [9.17, 15) is 4.79 Å². The van der Waals surface area contributed by atoms with E-state index in [1.807, 2.05) is 17.3 Å². The zero-order valence-corrected chi connectivity index (χ0v) is 21.6. The van der Waals surface area contributed by atoms with Crippen LogP contribution in [0.1, 0.15) is 36.6 Å². The van der Waals surface area contributed by atoms with Crippen molar-refractivity contribution >= 4 is 28.7 Å². The molecule has 0 atom stereocenters. The lowest BCUT2D eigenvalue weighted by molar-refractivity contribution is -0.127. The summed E-state index contributed by atoms with van der Waals surface area (Å²) in [6.07, 6.45) is 6.81. The van der Waals surface area contributed by atoms with Gasteiger partial charge in [-0.05, 0) is 49.4 Å². The van der Waals surface area contributed by atoms with Gasteiger partial charge in [0.1, 0.15) is 5.41 Å². The molecule has 9 nitrogen and oxygen atoms in total. The molecule has 4 heterocycles. The van der Waals surface area contributed by atoms with Crippen LogP contribution in [0, 0.1) is 0 Å². The molecule has 2 N–H and O–H groups in total. The number of fused-ring (bicyclic) bond motifs is 4. The van der Waals surface area contributed by atoms with E-state index in [0.717, 1.165) is 80.0 Å². The van der Waals surface area contributed by atoms with Crippen LogP contribution in [0.15, 0.2) is 29.0 Å². The number of methoxy groups -OCH3 is 2. The van der Waals surface area contributed by atoms with Gasteiger partial charge in [0, 0.05) is 63.2 Å². The molecular weight excluding hydrogens is 458 g/mol. The minimum absolute atomic E-state index is 0.0461. The Morgan fingerprint density at radius 1 is 1.11 bits per heavy atom. The number of hydrazone groups is 1. The second-order valence-corrected chi connectivity index (χ2v) is 10.0. The highest BCUT2D eigenvalue weighted by Gasteiger charge is 2.51. The Labute approximate surface area is 212 Å². The van der Waals surface area contributed by atoms with Crippen LogP contribution in [0.4, 0.5) is 5.69 Å². The molecule has 0 unspecified atom stereocenters. The number of nitrogens with one attached hydrogen (secondary N) is 2. The van der Waals surface area contributed by atoms with Crippen molar-refractivity contribution in [3.8, 4) is 0 Å². The van der Waals surface area contributed by atoms with Crippen molar-refractivity contribution in [1.82, 2.24) is 15.3 Å². The van der Waals surface area contributed by atoms with Crippen molar-refractivity contribution in [3.63, 3.8) is 0 Å². The third-order valence-corrected chi connectivity index (χ3v) is 7.62. The van der Waals surface area contributed by atoms with E-state index < -0.39 is 5.41 Å². The molecule has 5 rings (SSSR count). The van der Waals surface area contributed by atoms with Gasteiger partial charge < -0.3 is 24.1 Å². The highest BCUT2D eigenvalue weighted by Crippen LogP contribution is 2.45. The lowest BCUT2D eigenvalue weighted by Gasteiger charge is -2.30. The summed E-state index contributed by atoms with van der Waals surface area (Å²) in [6, 6.07) is 4.33. The molecule has 3 aliphatic rings. The van der Waals surface area contributed by atoms with Gasteiger partial charge in [0.15, 0.2) is 0 Å². The first-order valence-corrected chi connectivity index (χ1v) is 12.8. The van der Waals surface area contributed by atoms with E-state index in [1.54, 1.807) is 14.2 Å². The monoisotopic (exact) mass is 495 g/mol. The number of morpholine rings is 1. The number of allylic oxidation sites excluding steroid dienone is 1. The number of rotatable bonds is 7. The molecule has 0 saturated carbocycles. The zero-order chi connectivity index (χ0) is 25.1. The summed E-state index contributed by atoms with van der Waals surface area (Å²) in [5.74, 6) is 0.0461. The molecule has 1 aromatic heterocycles. The van der Waals surface area contributed by atoms with Crippen LogP contribution in [0.5, 0.6) is 0 Å². The van der Waals surface area contributed by atoms with E-state index in [1.165, 1.54) is 11.1 Å². The first kappa shape index (κ1) is 25.0. The maximum absolute atomic E-state index is 14.0. The first-order chi connectivity index (χ1) is 17.6. The predicted octanol–water partition coefficient (Wildman–Crippen LogP) is 2.54. The van der Waals surface area contributed by atoms with E-state index in [4.69, 9.17) is 14.2 Å². The number of aryl methyl sites for hydroxylation is 1. The highest BCUT2D eigenvalue weighted by atomic mass is 16.5. The van der Waals surface area contributed by atoms with Gasteiger partial charge >= 0.3 is 0 Å². The second-order valence-electron chi connectivity index (χ2n) is 10.0. The quantitative estimate of drug-likeness (QED) is 0.614. The third kappa shape index (κ3) is 4.56. The summed E-state index contributed by atoms with van der Waals surface area (Å²) in [5.41, 5.74) is 8.61. The maximum atomic E-state index is 14.0. The van der Waals surface area contributed by atoms with Crippen molar-refractivity contribution in [1.29, 1.82) is 0 Å². The number of benzene rings is 1. The van der Waals surface area contributed by atoms with E-state index >= 15 is 0 Å². The smallest absolute Gasteiger partial charge is 0.242 e. The van der Waals surface area contributed by atoms with Crippen molar-refractivity contribution in [2.45, 2.75) is 31.6 Å². The lowest BCUT2D eigenvalue weighted by Crippen LogP contribution is -2.49. The SMILES string of the molecule is COCC1(COC)C(=O)N(CCN2CCOCC2)c2cc3c4c([nH]c3cc21)/C=N/N/C=C(\C)CCC4. The number of anilines is 1. The summed E-state index contributed by atoms with van der Waals surface area (Å²) in [4.78, 5) is 21.9. The van der Waals surface area contributed by atoms with Crippen LogP contribution in [-0.4, -0.2) is 88.8 Å². The molecule has 0 radical (unpaired) electrons. The van der Waals surface area contributed by atoms with Crippen molar-refractivity contribution in [2.75, 3.05) is 71.7 Å². The first-order valence-electron chi connectivity index (χ1n) is 12.8. The van der Waals surface area contributed by atoms with Gasteiger partial charge in [-0.1, -0.05) is 5.57 Å². The van der Waals surface area contributed by atoms with Crippen LogP contribution in [0.3, 0.4) is 0 Å². The molecule has 1 amide bonds. The lowest BCUT2D eigenvalue weighted by atomic mass is 9.82. The number of aromatic amines is 1. The molecule has 1 fully saturated rings. The van der Waals surface area contributed by atoms with E-state index in [0.29, 0.717) is 6.54 Å². The Morgan fingerprint density at radius 2 is 1.89 bits per heavy atom. The summed E-state index contributed by atoms with van der Waals surface area (Å²) in [5, 5.41) is 5.54. The van der Waals surface area contributed by atoms with E-state index in [2.05, 4.69) is 39.5 Å². The molecule has 194 valence electrons. The average Bonchev–Trinajstić information content (AvgIpc) is 3.33. The van der Waals surface area contributed by atoms with E-state index in [-0.39, 0.29) is 19.1 Å². The van der Waals surface area contributed by atoms with Crippen molar-refractivity contribution in [2.24, 2.45) is 5.10 Å². The topological polar surface area (TPSA) is 91.4 Å². The number of H-pyrrole nitrogens is 1. The second kappa shape index (κ2) is 10.7. The zero-order valence-electron chi connectivity index (χ0n) is 21.6. The van der Waals surface area contributed by atoms with Crippen LogP contribution in [0.2, 0.25) is 0 Å². The minimum Gasteiger partial charge on any atom is -0.383 e. The predicted molar refractivity (Wildman–Crippen MR) is 141 cm³/mol. The molecule has 0 aliphatic carbocycles. The van der Waals surface area contributed by atoms with Gasteiger partial charge in [0.2, 0.25) is 5.91 Å². The van der Waals surface area contributed by atoms with Gasteiger partial charge in [-0.25, -0.2) is 0 Å². The van der Waals surface area contributed by atoms with Gasteiger partial charge in [0.25, 0.3) is 0 Å². The van der Waals surface area contributed by atoms with Crippen LogP contribution in [-0.2, 0) is 30.8 Å². The Balaban J connectivity index is 1.58. The summed E-state index contributed by atoms with van der Waals surface area (Å²) < 4.78 is 16.7. The summed E-state index contributed by atoms with van der Waals surface area (Å²) in [7, 11) is 3.29. The normalized spacial score (nSPS) is 22.6. The van der Waals surface area contributed by atoms with Crippen molar-refractivity contribution < 1.29 is 19.0 Å².